The van der Waals surface area contributed by atoms with Gasteiger partial charge in [0.1, 0.15) is 5.75 Å². The van der Waals surface area contributed by atoms with Crippen molar-refractivity contribution in [3.05, 3.63) is 58.1 Å². The topological polar surface area (TPSA) is 21.6 Å². The van der Waals surface area contributed by atoms with Crippen LogP contribution in [0.1, 0.15) is 25.8 Å². The van der Waals surface area contributed by atoms with Crippen LogP contribution >= 0.6 is 23.2 Å². The summed E-state index contributed by atoms with van der Waals surface area (Å²) in [5, 5.41) is 1.20. The van der Waals surface area contributed by atoms with Crippen molar-refractivity contribution >= 4 is 35.1 Å². The van der Waals surface area contributed by atoms with E-state index in [2.05, 4.69) is 11.9 Å². The zero-order chi connectivity index (χ0) is 15.2. The fourth-order valence-corrected chi connectivity index (χ4v) is 2.11. The number of hydrogen-bond donors (Lipinski definition) is 0. The summed E-state index contributed by atoms with van der Waals surface area (Å²) in [6.07, 6.45) is 2.82. The molecule has 0 saturated carbocycles. The highest BCUT2D eigenvalue weighted by atomic mass is 35.5. The lowest BCUT2D eigenvalue weighted by Crippen LogP contribution is -2.09. The minimum atomic E-state index is 0.144. The van der Waals surface area contributed by atoms with Gasteiger partial charge in [0.25, 0.3) is 0 Å². The second-order valence-corrected chi connectivity index (χ2v) is 5.55. The van der Waals surface area contributed by atoms with E-state index in [-0.39, 0.29) is 6.10 Å². The molecule has 0 N–H and O–H groups in total. The van der Waals surface area contributed by atoms with Crippen LogP contribution < -0.4 is 4.74 Å². The lowest BCUT2D eigenvalue weighted by atomic mass is 10.2. The molecule has 0 aliphatic heterocycles. The molecule has 0 radical (unpaired) electrons. The lowest BCUT2D eigenvalue weighted by Gasteiger charge is -2.13. The number of benzene rings is 2. The summed E-state index contributed by atoms with van der Waals surface area (Å²) >= 11 is 12.3. The minimum absolute atomic E-state index is 0.144. The van der Waals surface area contributed by atoms with Gasteiger partial charge in [0.15, 0.2) is 0 Å². The van der Waals surface area contributed by atoms with Crippen molar-refractivity contribution in [3.8, 4) is 5.75 Å². The largest absolute Gasteiger partial charge is 0.489 e. The molecule has 1 atom stereocenters. The van der Waals surface area contributed by atoms with E-state index in [1.165, 1.54) is 0 Å². The van der Waals surface area contributed by atoms with Crippen LogP contribution in [-0.2, 0) is 0 Å². The van der Waals surface area contributed by atoms with E-state index in [1.54, 1.807) is 6.21 Å². The van der Waals surface area contributed by atoms with Crippen LogP contribution in [0.15, 0.2) is 47.5 Å². The van der Waals surface area contributed by atoms with Crippen LogP contribution in [0.4, 0.5) is 5.69 Å². The van der Waals surface area contributed by atoms with Gasteiger partial charge in [0, 0.05) is 6.21 Å². The quantitative estimate of drug-likeness (QED) is 0.626. The maximum Gasteiger partial charge on any atom is 0.138 e. The Morgan fingerprint density at radius 2 is 1.90 bits per heavy atom. The van der Waals surface area contributed by atoms with E-state index >= 15 is 0 Å². The lowest BCUT2D eigenvalue weighted by molar-refractivity contribution is 0.217. The SMILES string of the molecule is CC[C@@H](C)Oc1ccc(C=Nc2ccccc2Cl)cc1Cl. The molecule has 2 aromatic carbocycles. The Morgan fingerprint density at radius 3 is 2.57 bits per heavy atom. The highest BCUT2D eigenvalue weighted by molar-refractivity contribution is 6.33. The van der Waals surface area contributed by atoms with E-state index in [0.29, 0.717) is 15.8 Å². The van der Waals surface area contributed by atoms with Gasteiger partial charge >= 0.3 is 0 Å². The Kier molecular flexibility index (Phi) is 5.66. The van der Waals surface area contributed by atoms with Gasteiger partial charge in [-0.3, -0.25) is 4.99 Å². The Hall–Kier alpha value is -1.51. The van der Waals surface area contributed by atoms with E-state index in [0.717, 1.165) is 17.7 Å². The molecule has 110 valence electrons. The van der Waals surface area contributed by atoms with Gasteiger partial charge in [-0.15, -0.1) is 0 Å². The summed E-state index contributed by atoms with van der Waals surface area (Å²) in [5.41, 5.74) is 1.63. The van der Waals surface area contributed by atoms with Gasteiger partial charge in [0.2, 0.25) is 0 Å². The van der Waals surface area contributed by atoms with E-state index in [1.807, 2.05) is 49.4 Å². The van der Waals surface area contributed by atoms with Crippen LogP contribution in [-0.4, -0.2) is 12.3 Å². The summed E-state index contributed by atoms with van der Waals surface area (Å²) < 4.78 is 5.73. The number of nitrogens with zero attached hydrogens (tertiary/aromatic N) is 1. The number of halogens is 2. The monoisotopic (exact) mass is 321 g/mol. The zero-order valence-corrected chi connectivity index (χ0v) is 13.5. The average Bonchev–Trinajstić information content (AvgIpc) is 2.48. The molecule has 0 fully saturated rings. The Balaban J connectivity index is 2.15. The molecule has 0 spiro atoms. The second-order valence-electron chi connectivity index (χ2n) is 4.74. The zero-order valence-electron chi connectivity index (χ0n) is 12.0. The molecule has 2 aromatic rings. The highest BCUT2D eigenvalue weighted by Crippen LogP contribution is 2.27. The summed E-state index contributed by atoms with van der Waals surface area (Å²) in [4.78, 5) is 4.37. The third-order valence-corrected chi connectivity index (χ3v) is 3.68. The van der Waals surface area contributed by atoms with Crippen molar-refractivity contribution in [2.24, 2.45) is 4.99 Å². The normalized spacial score (nSPS) is 12.6. The first-order valence-electron chi connectivity index (χ1n) is 6.85. The Morgan fingerprint density at radius 1 is 1.14 bits per heavy atom. The molecule has 0 aliphatic rings. The van der Waals surface area contributed by atoms with E-state index < -0.39 is 0 Å². The molecule has 0 saturated heterocycles. The van der Waals surface area contributed by atoms with E-state index in [4.69, 9.17) is 27.9 Å². The first-order valence-corrected chi connectivity index (χ1v) is 7.60. The first-order chi connectivity index (χ1) is 10.1. The number of aliphatic imine (C=N–C) groups is 1. The predicted molar refractivity (Wildman–Crippen MR) is 90.5 cm³/mol. The van der Waals surface area contributed by atoms with Gasteiger partial charge in [-0.2, -0.15) is 0 Å². The standard InChI is InChI=1S/C17H17Cl2NO/c1-3-12(2)21-17-9-8-13(10-15(17)19)11-20-16-7-5-4-6-14(16)18/h4-12H,3H2,1-2H3/t12-/m1/s1. The fraction of sp³-hybridized carbons (Fsp3) is 0.235. The van der Waals surface area contributed by atoms with Crippen molar-refractivity contribution in [1.82, 2.24) is 0 Å². The molecule has 0 aromatic heterocycles. The molecule has 0 unspecified atom stereocenters. The number of rotatable bonds is 5. The molecule has 2 rings (SSSR count). The van der Waals surface area contributed by atoms with Crippen molar-refractivity contribution < 1.29 is 4.74 Å². The van der Waals surface area contributed by atoms with Gasteiger partial charge in [-0.25, -0.2) is 0 Å². The molecule has 0 amide bonds. The van der Waals surface area contributed by atoms with Crippen LogP contribution in [0.5, 0.6) is 5.75 Å². The molecule has 0 aliphatic carbocycles. The van der Waals surface area contributed by atoms with Crippen molar-refractivity contribution in [2.75, 3.05) is 0 Å². The average molecular weight is 322 g/mol. The molecular formula is C17H17Cl2NO. The molecule has 0 bridgehead atoms. The highest BCUT2D eigenvalue weighted by Gasteiger charge is 2.06. The predicted octanol–water partition coefficient (Wildman–Crippen LogP) is 5.92. The summed E-state index contributed by atoms with van der Waals surface area (Å²) in [6, 6.07) is 13.1. The summed E-state index contributed by atoms with van der Waals surface area (Å²) in [6.45, 7) is 4.09. The van der Waals surface area contributed by atoms with Crippen molar-refractivity contribution in [3.63, 3.8) is 0 Å². The molecule has 2 nitrogen and oxygen atoms in total. The van der Waals surface area contributed by atoms with E-state index in [9.17, 15) is 0 Å². The Labute approximate surface area is 135 Å². The summed E-state index contributed by atoms with van der Waals surface area (Å²) in [7, 11) is 0. The van der Waals surface area contributed by atoms with Crippen LogP contribution in [0.3, 0.4) is 0 Å². The summed E-state index contributed by atoms with van der Waals surface area (Å²) in [5.74, 6) is 0.695. The van der Waals surface area contributed by atoms with Crippen molar-refractivity contribution in [2.45, 2.75) is 26.4 Å². The third-order valence-electron chi connectivity index (χ3n) is 3.06. The maximum absolute atomic E-state index is 6.23. The minimum Gasteiger partial charge on any atom is -0.489 e. The third kappa shape index (κ3) is 4.48. The van der Waals surface area contributed by atoms with Crippen LogP contribution in [0.25, 0.3) is 0 Å². The van der Waals surface area contributed by atoms with Gasteiger partial charge in [0.05, 0.1) is 21.8 Å². The number of para-hydroxylation sites is 1. The number of ether oxygens (including phenoxy) is 1. The molecular weight excluding hydrogens is 305 g/mol. The number of hydrogen-bond acceptors (Lipinski definition) is 2. The first kappa shape index (κ1) is 15.9. The smallest absolute Gasteiger partial charge is 0.138 e. The van der Waals surface area contributed by atoms with Gasteiger partial charge in [-0.1, -0.05) is 42.3 Å². The second kappa shape index (κ2) is 7.48. The van der Waals surface area contributed by atoms with Crippen LogP contribution in [0.2, 0.25) is 10.0 Å². The fourth-order valence-electron chi connectivity index (χ4n) is 1.69. The Bertz CT molecular complexity index is 640. The maximum atomic E-state index is 6.23. The van der Waals surface area contributed by atoms with Crippen molar-refractivity contribution in [1.29, 1.82) is 0 Å². The van der Waals surface area contributed by atoms with Gasteiger partial charge in [-0.05, 0) is 49.2 Å². The molecule has 21 heavy (non-hydrogen) atoms. The molecule has 0 heterocycles. The molecule has 4 heteroatoms. The van der Waals surface area contributed by atoms with Crippen LogP contribution in [0, 0.1) is 0 Å². The van der Waals surface area contributed by atoms with Gasteiger partial charge < -0.3 is 4.74 Å².